The Morgan fingerprint density at radius 1 is 0.850 bits per heavy atom. The van der Waals surface area contributed by atoms with Gasteiger partial charge in [-0.05, 0) is 42.0 Å². The van der Waals surface area contributed by atoms with Gasteiger partial charge in [0.1, 0.15) is 0 Å². The molecule has 3 rings (SSSR count). The molecule has 0 atom stereocenters. The molecule has 0 saturated carbocycles. The van der Waals surface area contributed by atoms with E-state index in [9.17, 15) is 0 Å². The SMILES string of the molecule is Clc1ccc(CSc2ccc3cc(Cl)ccc3n2)cc1. The summed E-state index contributed by atoms with van der Waals surface area (Å²) in [6, 6.07) is 17.7. The van der Waals surface area contributed by atoms with Gasteiger partial charge in [-0.1, -0.05) is 41.4 Å². The molecule has 0 spiro atoms. The van der Waals surface area contributed by atoms with Gasteiger partial charge in [-0.3, -0.25) is 0 Å². The van der Waals surface area contributed by atoms with Gasteiger partial charge < -0.3 is 0 Å². The van der Waals surface area contributed by atoms with Crippen LogP contribution in [0.2, 0.25) is 10.0 Å². The van der Waals surface area contributed by atoms with Crippen molar-refractivity contribution in [2.45, 2.75) is 10.8 Å². The second-order valence-corrected chi connectivity index (χ2v) is 6.27. The molecular weight excluding hydrogens is 309 g/mol. The lowest BCUT2D eigenvalue weighted by atomic mass is 10.2. The van der Waals surface area contributed by atoms with Crippen molar-refractivity contribution in [1.29, 1.82) is 0 Å². The van der Waals surface area contributed by atoms with Gasteiger partial charge in [0.15, 0.2) is 0 Å². The topological polar surface area (TPSA) is 12.9 Å². The van der Waals surface area contributed by atoms with E-state index < -0.39 is 0 Å². The molecule has 0 bridgehead atoms. The Bertz CT molecular complexity index is 741. The first kappa shape index (κ1) is 13.7. The van der Waals surface area contributed by atoms with Crippen LogP contribution in [0.3, 0.4) is 0 Å². The summed E-state index contributed by atoms with van der Waals surface area (Å²) in [6.45, 7) is 0. The van der Waals surface area contributed by atoms with Gasteiger partial charge in [0.05, 0.1) is 10.5 Å². The van der Waals surface area contributed by atoms with Crippen LogP contribution in [0.5, 0.6) is 0 Å². The maximum Gasteiger partial charge on any atom is 0.0970 e. The number of hydrogen-bond acceptors (Lipinski definition) is 2. The van der Waals surface area contributed by atoms with Crippen LogP contribution in [0.4, 0.5) is 0 Å². The molecule has 0 aliphatic heterocycles. The van der Waals surface area contributed by atoms with Crippen LogP contribution in [0.25, 0.3) is 10.9 Å². The number of halogens is 2. The van der Waals surface area contributed by atoms with Crippen molar-refractivity contribution < 1.29 is 0 Å². The standard InChI is InChI=1S/C16H11Cl2NS/c17-13-4-1-11(2-5-13)10-20-16-8-3-12-9-14(18)6-7-15(12)19-16/h1-9H,10H2. The van der Waals surface area contributed by atoms with Gasteiger partial charge in [-0.25, -0.2) is 4.98 Å². The average Bonchev–Trinajstić information content (AvgIpc) is 2.46. The third-order valence-corrected chi connectivity index (χ3v) is 4.41. The molecule has 0 fully saturated rings. The lowest BCUT2D eigenvalue weighted by Crippen LogP contribution is -1.85. The Labute approximate surface area is 131 Å². The van der Waals surface area contributed by atoms with Crippen molar-refractivity contribution in [3.05, 3.63) is 70.2 Å². The molecule has 20 heavy (non-hydrogen) atoms. The summed E-state index contributed by atoms with van der Waals surface area (Å²) < 4.78 is 0. The van der Waals surface area contributed by atoms with Gasteiger partial charge >= 0.3 is 0 Å². The number of thioether (sulfide) groups is 1. The van der Waals surface area contributed by atoms with Crippen LogP contribution in [0, 0.1) is 0 Å². The highest BCUT2D eigenvalue weighted by Crippen LogP contribution is 2.25. The molecule has 0 aliphatic rings. The largest absolute Gasteiger partial charge is 0.241 e. The Hall–Kier alpha value is -1.22. The monoisotopic (exact) mass is 319 g/mol. The molecule has 0 aliphatic carbocycles. The molecule has 1 aromatic heterocycles. The van der Waals surface area contributed by atoms with Gasteiger partial charge in [0, 0.05) is 21.2 Å². The minimum absolute atomic E-state index is 0.737. The van der Waals surface area contributed by atoms with Crippen LogP contribution < -0.4 is 0 Å². The summed E-state index contributed by atoms with van der Waals surface area (Å²) in [5.74, 6) is 0.878. The fraction of sp³-hybridized carbons (Fsp3) is 0.0625. The maximum atomic E-state index is 5.97. The third-order valence-electron chi connectivity index (χ3n) is 2.93. The van der Waals surface area contributed by atoms with Gasteiger partial charge in [-0.2, -0.15) is 0 Å². The fourth-order valence-corrected chi connectivity index (χ4v) is 3.04. The molecular formula is C16H11Cl2NS. The Morgan fingerprint density at radius 3 is 2.40 bits per heavy atom. The Kier molecular flexibility index (Phi) is 4.16. The van der Waals surface area contributed by atoms with E-state index in [1.54, 1.807) is 11.8 Å². The van der Waals surface area contributed by atoms with Crippen LogP contribution in [-0.4, -0.2) is 4.98 Å². The molecule has 0 radical (unpaired) electrons. The minimum Gasteiger partial charge on any atom is -0.241 e. The van der Waals surface area contributed by atoms with E-state index in [1.807, 2.05) is 48.5 Å². The second-order valence-electron chi connectivity index (χ2n) is 4.40. The molecule has 0 saturated heterocycles. The maximum absolute atomic E-state index is 5.97. The second kappa shape index (κ2) is 6.04. The van der Waals surface area contributed by atoms with Crippen LogP contribution in [0.1, 0.15) is 5.56 Å². The molecule has 3 aromatic rings. The smallest absolute Gasteiger partial charge is 0.0970 e. The predicted octanol–water partition coefficient (Wildman–Crippen LogP) is 5.83. The summed E-state index contributed by atoms with van der Waals surface area (Å²) in [7, 11) is 0. The van der Waals surface area contributed by atoms with Gasteiger partial charge in [-0.15, -0.1) is 11.8 Å². The number of benzene rings is 2. The molecule has 2 aromatic carbocycles. The van der Waals surface area contributed by atoms with E-state index in [1.165, 1.54) is 5.56 Å². The van der Waals surface area contributed by atoms with E-state index in [0.717, 1.165) is 31.7 Å². The summed E-state index contributed by atoms with van der Waals surface area (Å²) in [5, 5.41) is 3.57. The highest BCUT2D eigenvalue weighted by Gasteiger charge is 2.01. The zero-order chi connectivity index (χ0) is 13.9. The fourth-order valence-electron chi connectivity index (χ4n) is 1.90. The van der Waals surface area contributed by atoms with Crippen molar-refractivity contribution in [1.82, 2.24) is 4.98 Å². The number of aromatic nitrogens is 1. The van der Waals surface area contributed by atoms with Crippen LogP contribution in [-0.2, 0) is 5.75 Å². The number of fused-ring (bicyclic) bond motifs is 1. The summed E-state index contributed by atoms with van der Waals surface area (Å²) in [4.78, 5) is 4.63. The third kappa shape index (κ3) is 3.26. The number of pyridine rings is 1. The summed E-state index contributed by atoms with van der Waals surface area (Å²) in [6.07, 6.45) is 0. The van der Waals surface area contributed by atoms with Crippen molar-refractivity contribution in [3.8, 4) is 0 Å². The van der Waals surface area contributed by atoms with Gasteiger partial charge in [0.2, 0.25) is 0 Å². The highest BCUT2D eigenvalue weighted by molar-refractivity contribution is 7.98. The van der Waals surface area contributed by atoms with Crippen molar-refractivity contribution >= 4 is 45.9 Å². The van der Waals surface area contributed by atoms with Crippen molar-refractivity contribution in [2.75, 3.05) is 0 Å². The molecule has 1 heterocycles. The van der Waals surface area contributed by atoms with E-state index in [0.29, 0.717) is 0 Å². The van der Waals surface area contributed by atoms with E-state index in [-0.39, 0.29) is 0 Å². The van der Waals surface area contributed by atoms with Gasteiger partial charge in [0.25, 0.3) is 0 Å². The molecule has 0 amide bonds. The summed E-state index contributed by atoms with van der Waals surface area (Å²) in [5.41, 5.74) is 2.20. The number of hydrogen-bond donors (Lipinski definition) is 0. The first-order valence-electron chi connectivity index (χ1n) is 6.14. The number of nitrogens with zero attached hydrogens (tertiary/aromatic N) is 1. The summed E-state index contributed by atoms with van der Waals surface area (Å²) >= 11 is 13.6. The van der Waals surface area contributed by atoms with Crippen LogP contribution >= 0.6 is 35.0 Å². The minimum atomic E-state index is 0.737. The van der Waals surface area contributed by atoms with Crippen molar-refractivity contribution in [2.24, 2.45) is 0 Å². The van der Waals surface area contributed by atoms with Crippen LogP contribution in [0.15, 0.2) is 59.6 Å². The molecule has 1 nitrogen and oxygen atoms in total. The average molecular weight is 320 g/mol. The van der Waals surface area contributed by atoms with E-state index >= 15 is 0 Å². The zero-order valence-corrected chi connectivity index (χ0v) is 12.8. The Balaban J connectivity index is 1.77. The van der Waals surface area contributed by atoms with E-state index in [2.05, 4.69) is 11.1 Å². The molecule has 100 valence electrons. The Morgan fingerprint density at radius 2 is 1.60 bits per heavy atom. The van der Waals surface area contributed by atoms with E-state index in [4.69, 9.17) is 23.2 Å². The molecule has 4 heteroatoms. The molecule has 0 unspecified atom stereocenters. The highest BCUT2D eigenvalue weighted by atomic mass is 35.5. The quantitative estimate of drug-likeness (QED) is 0.563. The number of rotatable bonds is 3. The normalized spacial score (nSPS) is 10.9. The molecule has 0 N–H and O–H groups in total. The first-order chi connectivity index (χ1) is 9.70. The predicted molar refractivity (Wildman–Crippen MR) is 87.8 cm³/mol. The zero-order valence-electron chi connectivity index (χ0n) is 10.5. The van der Waals surface area contributed by atoms with Crippen molar-refractivity contribution in [3.63, 3.8) is 0 Å². The lowest BCUT2D eigenvalue weighted by molar-refractivity contribution is 1.18. The lowest BCUT2D eigenvalue weighted by Gasteiger charge is -2.04. The first-order valence-corrected chi connectivity index (χ1v) is 7.88.